The highest BCUT2D eigenvalue weighted by molar-refractivity contribution is 9.10. The standard InChI is InChI=1S/C9H8BrN3O2/c1-15-8(14)4-2-3-5(10)7-6(4)12-9(11)13-7/h2-3H,1H3,(H3,11,12,13). The van der Waals surface area contributed by atoms with Crippen molar-refractivity contribution in [1.82, 2.24) is 9.97 Å². The Labute approximate surface area is 93.8 Å². The first-order chi connectivity index (χ1) is 7.13. The molecule has 2 rings (SSSR count). The average Bonchev–Trinajstić information content (AvgIpc) is 2.60. The van der Waals surface area contributed by atoms with Gasteiger partial charge in [0, 0.05) is 4.47 Å². The second-order valence-corrected chi connectivity index (χ2v) is 3.79. The van der Waals surface area contributed by atoms with E-state index in [-0.39, 0.29) is 5.95 Å². The molecule has 1 aromatic heterocycles. The van der Waals surface area contributed by atoms with Gasteiger partial charge in [0.05, 0.1) is 18.2 Å². The smallest absolute Gasteiger partial charge is 0.340 e. The van der Waals surface area contributed by atoms with Crippen molar-refractivity contribution in [3.8, 4) is 0 Å². The van der Waals surface area contributed by atoms with E-state index < -0.39 is 5.97 Å². The zero-order valence-electron chi connectivity index (χ0n) is 7.87. The predicted octanol–water partition coefficient (Wildman–Crippen LogP) is 1.69. The fraction of sp³-hybridized carbons (Fsp3) is 0.111. The molecule has 0 fully saturated rings. The van der Waals surface area contributed by atoms with Gasteiger partial charge >= 0.3 is 5.97 Å². The summed E-state index contributed by atoms with van der Waals surface area (Å²) >= 11 is 3.34. The maximum absolute atomic E-state index is 11.4. The highest BCUT2D eigenvalue weighted by atomic mass is 79.9. The minimum absolute atomic E-state index is 0.266. The summed E-state index contributed by atoms with van der Waals surface area (Å²) in [4.78, 5) is 18.3. The molecule has 1 heterocycles. The number of hydrogen-bond acceptors (Lipinski definition) is 4. The number of rotatable bonds is 1. The summed E-state index contributed by atoms with van der Waals surface area (Å²) < 4.78 is 5.44. The largest absolute Gasteiger partial charge is 0.465 e. The number of hydrogen-bond donors (Lipinski definition) is 2. The molecule has 78 valence electrons. The molecule has 0 aliphatic carbocycles. The van der Waals surface area contributed by atoms with Crippen molar-refractivity contribution in [1.29, 1.82) is 0 Å². The third-order valence-corrected chi connectivity index (χ3v) is 2.68. The fourth-order valence-corrected chi connectivity index (χ4v) is 1.77. The molecule has 0 unspecified atom stereocenters. The van der Waals surface area contributed by atoms with Gasteiger partial charge in [0.1, 0.15) is 5.52 Å². The summed E-state index contributed by atoms with van der Waals surface area (Å²) in [6.07, 6.45) is 0. The van der Waals surface area contributed by atoms with Gasteiger partial charge in [-0.3, -0.25) is 0 Å². The predicted molar refractivity (Wildman–Crippen MR) is 59.5 cm³/mol. The molecule has 1 aromatic carbocycles. The van der Waals surface area contributed by atoms with Crippen LogP contribution in [0.5, 0.6) is 0 Å². The number of esters is 1. The number of methoxy groups -OCH3 is 1. The Morgan fingerprint density at radius 3 is 3.00 bits per heavy atom. The number of fused-ring (bicyclic) bond motifs is 1. The maximum Gasteiger partial charge on any atom is 0.340 e. The zero-order chi connectivity index (χ0) is 11.0. The lowest BCUT2D eigenvalue weighted by Gasteiger charge is -2.00. The fourth-order valence-electron chi connectivity index (χ4n) is 1.35. The summed E-state index contributed by atoms with van der Waals surface area (Å²) in [5.74, 6) is -0.166. The number of anilines is 1. The molecule has 0 bridgehead atoms. The lowest BCUT2D eigenvalue weighted by Crippen LogP contribution is -2.02. The zero-order valence-corrected chi connectivity index (χ0v) is 9.46. The first kappa shape index (κ1) is 9.97. The number of ether oxygens (including phenoxy) is 1. The van der Waals surface area contributed by atoms with E-state index in [2.05, 4.69) is 30.6 Å². The summed E-state index contributed by atoms with van der Waals surface area (Å²) in [6, 6.07) is 3.38. The minimum atomic E-state index is -0.431. The summed E-state index contributed by atoms with van der Waals surface area (Å²) in [5, 5.41) is 0. The number of nitrogen functional groups attached to an aromatic ring is 1. The Hall–Kier alpha value is -1.56. The summed E-state index contributed by atoms with van der Waals surface area (Å²) in [7, 11) is 1.33. The van der Waals surface area contributed by atoms with Crippen LogP contribution < -0.4 is 5.73 Å². The molecule has 3 N–H and O–H groups in total. The highest BCUT2D eigenvalue weighted by Crippen LogP contribution is 2.26. The minimum Gasteiger partial charge on any atom is -0.465 e. The molecule has 0 spiro atoms. The number of carbonyl (C=O) groups is 1. The van der Waals surface area contributed by atoms with Gasteiger partial charge in [-0.15, -0.1) is 0 Å². The van der Waals surface area contributed by atoms with Crippen LogP contribution in [0.2, 0.25) is 0 Å². The SMILES string of the molecule is COC(=O)c1ccc(Br)c2[nH]c(N)nc12. The normalized spacial score (nSPS) is 10.5. The monoisotopic (exact) mass is 269 g/mol. The van der Waals surface area contributed by atoms with Crippen LogP contribution in [0.3, 0.4) is 0 Å². The molecule has 5 nitrogen and oxygen atoms in total. The van der Waals surface area contributed by atoms with E-state index in [0.29, 0.717) is 16.6 Å². The molecule has 2 aromatic rings. The lowest BCUT2D eigenvalue weighted by molar-refractivity contribution is 0.0603. The Morgan fingerprint density at radius 1 is 1.60 bits per heavy atom. The van der Waals surface area contributed by atoms with Crippen LogP contribution in [0.25, 0.3) is 11.0 Å². The van der Waals surface area contributed by atoms with Crippen LogP contribution in [0.1, 0.15) is 10.4 Å². The second kappa shape index (κ2) is 3.54. The van der Waals surface area contributed by atoms with Gasteiger partial charge in [-0.2, -0.15) is 0 Å². The van der Waals surface area contributed by atoms with Crippen molar-refractivity contribution in [3.63, 3.8) is 0 Å². The van der Waals surface area contributed by atoms with Gasteiger partial charge in [0.25, 0.3) is 0 Å². The first-order valence-corrected chi connectivity index (χ1v) is 4.95. The Kier molecular flexibility index (Phi) is 2.36. The summed E-state index contributed by atoms with van der Waals surface area (Å²) in [5.41, 5.74) is 7.12. The second-order valence-electron chi connectivity index (χ2n) is 2.93. The number of aromatic nitrogens is 2. The molecule has 0 atom stereocenters. The van der Waals surface area contributed by atoms with Crippen LogP contribution in [-0.4, -0.2) is 23.0 Å². The van der Waals surface area contributed by atoms with Crippen molar-refractivity contribution >= 4 is 38.9 Å². The molecular formula is C9H8BrN3O2. The quantitative estimate of drug-likeness (QED) is 0.773. The van der Waals surface area contributed by atoms with E-state index in [1.54, 1.807) is 12.1 Å². The Balaban J connectivity index is 2.76. The van der Waals surface area contributed by atoms with Crippen LogP contribution in [0, 0.1) is 0 Å². The number of nitrogens with one attached hydrogen (secondary N) is 1. The van der Waals surface area contributed by atoms with E-state index in [9.17, 15) is 4.79 Å². The molecule has 0 aliphatic rings. The van der Waals surface area contributed by atoms with Crippen molar-refractivity contribution in [2.45, 2.75) is 0 Å². The van der Waals surface area contributed by atoms with Crippen molar-refractivity contribution in [2.24, 2.45) is 0 Å². The van der Waals surface area contributed by atoms with Gasteiger partial charge in [0.15, 0.2) is 5.95 Å². The van der Waals surface area contributed by atoms with Gasteiger partial charge in [-0.1, -0.05) is 0 Å². The third-order valence-electron chi connectivity index (χ3n) is 2.02. The number of aromatic amines is 1. The van der Waals surface area contributed by atoms with Crippen molar-refractivity contribution in [2.75, 3.05) is 12.8 Å². The number of H-pyrrole nitrogens is 1. The van der Waals surface area contributed by atoms with Gasteiger partial charge in [0.2, 0.25) is 0 Å². The molecule has 0 amide bonds. The van der Waals surface area contributed by atoms with Crippen LogP contribution in [-0.2, 0) is 4.74 Å². The van der Waals surface area contributed by atoms with Gasteiger partial charge < -0.3 is 15.5 Å². The molecule has 0 radical (unpaired) electrons. The van der Waals surface area contributed by atoms with Crippen LogP contribution >= 0.6 is 15.9 Å². The molecule has 0 saturated carbocycles. The van der Waals surface area contributed by atoms with E-state index >= 15 is 0 Å². The van der Waals surface area contributed by atoms with Crippen LogP contribution in [0.15, 0.2) is 16.6 Å². The van der Waals surface area contributed by atoms with E-state index in [1.165, 1.54) is 7.11 Å². The number of benzene rings is 1. The lowest BCUT2D eigenvalue weighted by atomic mass is 10.2. The number of halogens is 1. The van der Waals surface area contributed by atoms with Crippen molar-refractivity contribution < 1.29 is 9.53 Å². The molecule has 0 saturated heterocycles. The maximum atomic E-state index is 11.4. The van der Waals surface area contributed by atoms with E-state index in [1.807, 2.05) is 0 Å². The highest BCUT2D eigenvalue weighted by Gasteiger charge is 2.15. The number of carbonyl (C=O) groups excluding carboxylic acids is 1. The first-order valence-electron chi connectivity index (χ1n) is 4.15. The number of nitrogens with two attached hydrogens (primary N) is 1. The Morgan fingerprint density at radius 2 is 2.33 bits per heavy atom. The Bertz CT molecular complexity index is 535. The average molecular weight is 270 g/mol. The topological polar surface area (TPSA) is 81.0 Å². The number of imidazole rings is 1. The van der Waals surface area contributed by atoms with Gasteiger partial charge in [-0.05, 0) is 28.1 Å². The third kappa shape index (κ3) is 1.56. The molecule has 15 heavy (non-hydrogen) atoms. The van der Waals surface area contributed by atoms with Crippen LogP contribution in [0.4, 0.5) is 5.95 Å². The van der Waals surface area contributed by atoms with Crippen molar-refractivity contribution in [3.05, 3.63) is 22.2 Å². The number of nitrogens with zero attached hydrogens (tertiary/aromatic N) is 1. The van der Waals surface area contributed by atoms with Gasteiger partial charge in [-0.25, -0.2) is 9.78 Å². The molecule has 6 heteroatoms. The summed E-state index contributed by atoms with van der Waals surface area (Å²) in [6.45, 7) is 0. The van der Waals surface area contributed by atoms with E-state index in [4.69, 9.17) is 5.73 Å². The van der Waals surface area contributed by atoms with E-state index in [0.717, 1.165) is 4.47 Å². The molecule has 0 aliphatic heterocycles. The molecular weight excluding hydrogens is 262 g/mol.